The van der Waals surface area contributed by atoms with Crippen LogP contribution < -0.4 is 10.4 Å². The summed E-state index contributed by atoms with van der Waals surface area (Å²) in [6, 6.07) is 21.4. The number of carbonyl (C=O) groups excluding carboxylic acids is 2. The Bertz CT molecular complexity index is 1600. The second kappa shape index (κ2) is 11.9. The number of hydrogen-bond acceptors (Lipinski definition) is 6. The Morgan fingerprint density at radius 1 is 1.05 bits per heavy atom. The number of benzene rings is 3. The fraction of sp³-hybridized carbons (Fsp3) is 0.400. The van der Waals surface area contributed by atoms with Crippen molar-refractivity contribution in [2.45, 2.75) is 71.1 Å². The van der Waals surface area contributed by atoms with Crippen molar-refractivity contribution < 1.29 is 27.6 Å². The SMILES string of the molecule is CN(C(=O)OC(C)(C)C)[C@@H](CO[Si](c1ccccc1)(c1ccccc1)C(C)(C)C)c1nc2cc3c(c(F)c2o1)CC(C=O)C3. The smallest absolute Gasteiger partial charge is 0.410 e. The highest BCUT2D eigenvalue weighted by atomic mass is 28.4. The molecule has 2 atom stereocenters. The van der Waals surface area contributed by atoms with Crippen molar-refractivity contribution in [1.82, 2.24) is 9.88 Å². The van der Waals surface area contributed by atoms with E-state index in [1.807, 2.05) is 36.4 Å². The molecule has 3 aromatic carbocycles. The maximum Gasteiger partial charge on any atom is 0.410 e. The van der Waals surface area contributed by atoms with Crippen LogP contribution in [0.3, 0.4) is 0 Å². The van der Waals surface area contributed by atoms with Crippen LogP contribution in [-0.2, 0) is 26.8 Å². The summed E-state index contributed by atoms with van der Waals surface area (Å²) in [5.74, 6) is -0.607. The normalized spacial score (nSPS) is 16.0. The Hall–Kier alpha value is -3.82. The summed E-state index contributed by atoms with van der Waals surface area (Å²) in [6.07, 6.45) is 1.09. The van der Waals surface area contributed by atoms with Gasteiger partial charge in [0, 0.05) is 13.0 Å². The van der Waals surface area contributed by atoms with Crippen molar-refractivity contribution in [2.24, 2.45) is 5.92 Å². The molecule has 1 unspecified atom stereocenters. The van der Waals surface area contributed by atoms with Gasteiger partial charge in [0.25, 0.3) is 8.32 Å². The molecular weight excluding hydrogens is 575 g/mol. The largest absolute Gasteiger partial charge is 0.444 e. The van der Waals surface area contributed by atoms with Crippen LogP contribution in [0, 0.1) is 11.7 Å². The van der Waals surface area contributed by atoms with E-state index in [9.17, 15) is 9.59 Å². The van der Waals surface area contributed by atoms with Gasteiger partial charge in [-0.05, 0) is 66.2 Å². The van der Waals surface area contributed by atoms with E-state index in [2.05, 4.69) is 45.0 Å². The molecule has 7 nitrogen and oxygen atoms in total. The molecule has 44 heavy (non-hydrogen) atoms. The Morgan fingerprint density at radius 2 is 1.64 bits per heavy atom. The summed E-state index contributed by atoms with van der Waals surface area (Å²) in [5.41, 5.74) is 0.859. The topological polar surface area (TPSA) is 81.9 Å². The fourth-order valence-electron chi connectivity index (χ4n) is 6.17. The third-order valence-corrected chi connectivity index (χ3v) is 13.3. The summed E-state index contributed by atoms with van der Waals surface area (Å²) >= 11 is 0. The summed E-state index contributed by atoms with van der Waals surface area (Å²) in [5, 5.41) is 1.86. The number of rotatable bonds is 8. The lowest BCUT2D eigenvalue weighted by molar-refractivity contribution is -0.110. The zero-order valence-corrected chi connectivity index (χ0v) is 27.5. The van der Waals surface area contributed by atoms with Crippen molar-refractivity contribution in [3.8, 4) is 0 Å². The summed E-state index contributed by atoms with van der Waals surface area (Å²) in [7, 11) is -1.39. The van der Waals surface area contributed by atoms with Crippen molar-refractivity contribution in [3.63, 3.8) is 0 Å². The van der Waals surface area contributed by atoms with Crippen LogP contribution in [0.15, 0.2) is 71.1 Å². The van der Waals surface area contributed by atoms with E-state index >= 15 is 4.39 Å². The van der Waals surface area contributed by atoms with Crippen LogP contribution in [0.4, 0.5) is 9.18 Å². The van der Waals surface area contributed by atoms with Crippen LogP contribution >= 0.6 is 0 Å². The van der Waals surface area contributed by atoms with E-state index < -0.39 is 31.9 Å². The van der Waals surface area contributed by atoms with Gasteiger partial charge >= 0.3 is 6.09 Å². The molecule has 9 heteroatoms. The zero-order valence-electron chi connectivity index (χ0n) is 26.5. The number of halogens is 1. The van der Waals surface area contributed by atoms with Gasteiger partial charge in [-0.1, -0.05) is 81.4 Å². The molecule has 0 spiro atoms. The van der Waals surface area contributed by atoms with E-state index in [4.69, 9.17) is 18.6 Å². The molecule has 1 heterocycles. The molecule has 232 valence electrons. The van der Waals surface area contributed by atoms with E-state index in [0.717, 1.165) is 22.2 Å². The number of likely N-dealkylation sites (N-methyl/N-ethyl adjacent to an activating group) is 1. The monoisotopic (exact) mass is 616 g/mol. The summed E-state index contributed by atoms with van der Waals surface area (Å²) < 4.78 is 34.8. The van der Waals surface area contributed by atoms with Gasteiger partial charge in [0.1, 0.15) is 23.4 Å². The van der Waals surface area contributed by atoms with E-state index in [1.165, 1.54) is 4.90 Å². The first-order valence-corrected chi connectivity index (χ1v) is 16.9. The van der Waals surface area contributed by atoms with E-state index in [-0.39, 0.29) is 29.0 Å². The maximum absolute atomic E-state index is 15.7. The van der Waals surface area contributed by atoms with Crippen molar-refractivity contribution in [2.75, 3.05) is 13.7 Å². The predicted octanol–water partition coefficient (Wildman–Crippen LogP) is 6.37. The second-order valence-corrected chi connectivity index (χ2v) is 17.9. The number of oxazole rings is 1. The minimum Gasteiger partial charge on any atom is -0.444 e. The van der Waals surface area contributed by atoms with Crippen LogP contribution in [0.5, 0.6) is 0 Å². The van der Waals surface area contributed by atoms with Gasteiger partial charge in [-0.3, -0.25) is 4.90 Å². The number of aromatic nitrogens is 1. The molecule has 1 amide bonds. The molecule has 0 bridgehead atoms. The third kappa shape index (κ3) is 5.95. The molecule has 0 saturated carbocycles. The first-order valence-electron chi connectivity index (χ1n) is 15.0. The first-order chi connectivity index (χ1) is 20.7. The lowest BCUT2D eigenvalue weighted by Gasteiger charge is -2.44. The second-order valence-electron chi connectivity index (χ2n) is 13.6. The number of hydrogen-bond donors (Lipinski definition) is 0. The van der Waals surface area contributed by atoms with Crippen LogP contribution in [0.2, 0.25) is 5.04 Å². The number of carbonyl (C=O) groups is 2. The Balaban J connectivity index is 1.61. The molecule has 4 aromatic rings. The number of nitrogens with zero attached hydrogens (tertiary/aromatic N) is 2. The highest BCUT2D eigenvalue weighted by Crippen LogP contribution is 2.39. The van der Waals surface area contributed by atoms with Gasteiger partial charge in [0.15, 0.2) is 11.4 Å². The highest BCUT2D eigenvalue weighted by molar-refractivity contribution is 6.99. The quantitative estimate of drug-likeness (QED) is 0.169. The number of amides is 1. The molecular formula is C35H41FN2O5Si. The zero-order chi connectivity index (χ0) is 31.9. The molecule has 0 saturated heterocycles. The average Bonchev–Trinajstić information content (AvgIpc) is 3.59. The van der Waals surface area contributed by atoms with Gasteiger partial charge in [-0.2, -0.15) is 0 Å². The van der Waals surface area contributed by atoms with Crippen molar-refractivity contribution in [3.05, 3.63) is 89.6 Å². The molecule has 0 fully saturated rings. The Labute approximate surface area is 259 Å². The van der Waals surface area contributed by atoms with Crippen molar-refractivity contribution >= 4 is 42.2 Å². The molecule has 1 aliphatic carbocycles. The average molecular weight is 617 g/mol. The standard InChI is InChI=1S/C35H41FN2O5Si/c1-34(2,3)43-33(40)38(7)29(32-37-28-20-24-18-23(21-39)19-27(24)30(36)31(28)42-32)22-41-44(35(4,5)6,25-14-10-8-11-15-25)26-16-12-9-13-17-26/h8-17,20-21,23,29H,18-19,22H2,1-7H3/t23?,29-/m0/s1. The Morgan fingerprint density at radius 3 is 2.16 bits per heavy atom. The molecule has 5 rings (SSSR count). The summed E-state index contributed by atoms with van der Waals surface area (Å²) in [6.45, 7) is 12.0. The maximum atomic E-state index is 15.7. The van der Waals surface area contributed by atoms with Crippen LogP contribution in [0.1, 0.15) is 64.6 Å². The number of aldehydes is 1. The number of ether oxygens (including phenoxy) is 1. The van der Waals surface area contributed by atoms with E-state index in [1.54, 1.807) is 33.9 Å². The van der Waals surface area contributed by atoms with Gasteiger partial charge < -0.3 is 18.4 Å². The fourth-order valence-corrected chi connectivity index (χ4v) is 10.7. The van der Waals surface area contributed by atoms with Gasteiger partial charge in [-0.25, -0.2) is 14.2 Å². The minimum atomic E-state index is -3.00. The van der Waals surface area contributed by atoms with Crippen LogP contribution in [-0.4, -0.2) is 49.8 Å². The highest BCUT2D eigenvalue weighted by Gasteiger charge is 2.51. The molecule has 0 N–H and O–H groups in total. The molecule has 0 radical (unpaired) electrons. The third-order valence-electron chi connectivity index (χ3n) is 8.28. The van der Waals surface area contributed by atoms with Crippen molar-refractivity contribution in [1.29, 1.82) is 0 Å². The Kier molecular flexibility index (Phi) is 8.57. The van der Waals surface area contributed by atoms with Crippen LogP contribution in [0.25, 0.3) is 11.1 Å². The molecule has 1 aliphatic rings. The van der Waals surface area contributed by atoms with Gasteiger partial charge in [0.05, 0.1) is 6.61 Å². The lowest BCUT2D eigenvalue weighted by atomic mass is 10.1. The van der Waals surface area contributed by atoms with Gasteiger partial charge in [0.2, 0.25) is 5.89 Å². The molecule has 0 aliphatic heterocycles. The molecule has 1 aromatic heterocycles. The lowest BCUT2D eigenvalue weighted by Crippen LogP contribution is -2.67. The van der Waals surface area contributed by atoms with Gasteiger partial charge in [-0.15, -0.1) is 0 Å². The first kappa shape index (κ1) is 31.6. The predicted molar refractivity (Wildman–Crippen MR) is 171 cm³/mol. The minimum absolute atomic E-state index is 0.0123. The summed E-state index contributed by atoms with van der Waals surface area (Å²) in [4.78, 5) is 31.0. The van der Waals surface area contributed by atoms with E-state index in [0.29, 0.717) is 23.9 Å². The number of fused-ring (bicyclic) bond motifs is 2.